The zero-order valence-electron chi connectivity index (χ0n) is 13.0. The molecule has 6 nitrogen and oxygen atoms in total. The molecule has 0 aliphatic heterocycles. The molecule has 7 heteroatoms. The Balaban J connectivity index is 2.23. The first-order valence-corrected chi connectivity index (χ1v) is 7.94. The van der Waals surface area contributed by atoms with Gasteiger partial charge in [0.25, 0.3) is 5.91 Å². The molecule has 0 radical (unpaired) electrons. The molecule has 118 valence electrons. The fourth-order valence-corrected chi connectivity index (χ4v) is 2.79. The van der Waals surface area contributed by atoms with Gasteiger partial charge in [-0.15, -0.1) is 11.3 Å². The average molecular weight is 321 g/mol. The average Bonchev–Trinajstić information content (AvgIpc) is 3.05. The standard InChI is InChI=1S/C15H19N3O3S/c1-5-21-15(20)11-6-7-22-14(11)16-13(19)12-8-10(4)17-18(12)9(2)3/h6-9H,5H2,1-4H3,(H,16,19). The second kappa shape index (κ2) is 6.74. The first-order valence-electron chi connectivity index (χ1n) is 7.06. The van der Waals surface area contributed by atoms with Gasteiger partial charge in [0.05, 0.1) is 17.9 Å². The second-order valence-corrected chi connectivity index (χ2v) is 5.96. The number of anilines is 1. The summed E-state index contributed by atoms with van der Waals surface area (Å²) >= 11 is 1.29. The van der Waals surface area contributed by atoms with Gasteiger partial charge in [0.1, 0.15) is 10.7 Å². The molecule has 0 fully saturated rings. The second-order valence-electron chi connectivity index (χ2n) is 5.05. The van der Waals surface area contributed by atoms with Gasteiger partial charge in [-0.2, -0.15) is 5.10 Å². The van der Waals surface area contributed by atoms with Crippen molar-refractivity contribution in [2.75, 3.05) is 11.9 Å². The van der Waals surface area contributed by atoms with Gasteiger partial charge in [0.15, 0.2) is 0 Å². The quantitative estimate of drug-likeness (QED) is 0.858. The molecule has 22 heavy (non-hydrogen) atoms. The van der Waals surface area contributed by atoms with Crippen LogP contribution in [-0.4, -0.2) is 28.3 Å². The molecule has 1 N–H and O–H groups in total. The van der Waals surface area contributed by atoms with Gasteiger partial charge < -0.3 is 10.1 Å². The molecule has 0 aromatic carbocycles. The molecule has 0 spiro atoms. The molecule has 0 bridgehead atoms. The number of carbonyl (C=O) groups excluding carboxylic acids is 2. The summed E-state index contributed by atoms with van der Waals surface area (Å²) in [4.78, 5) is 24.3. The maximum atomic E-state index is 12.5. The third-order valence-corrected chi connectivity index (χ3v) is 3.80. The van der Waals surface area contributed by atoms with Crippen LogP contribution in [0, 0.1) is 6.92 Å². The Bertz CT molecular complexity index is 688. The zero-order valence-corrected chi connectivity index (χ0v) is 13.9. The topological polar surface area (TPSA) is 73.2 Å². The van der Waals surface area contributed by atoms with Crippen molar-refractivity contribution in [3.63, 3.8) is 0 Å². The number of hydrogen-bond acceptors (Lipinski definition) is 5. The summed E-state index contributed by atoms with van der Waals surface area (Å²) in [6.45, 7) is 7.79. The van der Waals surface area contributed by atoms with Gasteiger partial charge in [0.2, 0.25) is 0 Å². The number of carbonyl (C=O) groups is 2. The highest BCUT2D eigenvalue weighted by molar-refractivity contribution is 7.14. The van der Waals surface area contributed by atoms with Crippen LogP contribution in [0.2, 0.25) is 0 Å². The number of esters is 1. The van der Waals surface area contributed by atoms with Crippen molar-refractivity contribution in [1.82, 2.24) is 9.78 Å². The van der Waals surface area contributed by atoms with E-state index in [1.54, 1.807) is 29.1 Å². The normalized spacial score (nSPS) is 10.8. The minimum atomic E-state index is -0.437. The summed E-state index contributed by atoms with van der Waals surface area (Å²) in [5.74, 6) is -0.727. The molecule has 0 saturated heterocycles. The van der Waals surface area contributed by atoms with Crippen molar-refractivity contribution in [2.45, 2.75) is 33.7 Å². The van der Waals surface area contributed by atoms with E-state index in [1.165, 1.54) is 11.3 Å². The molecule has 0 aliphatic rings. The molecule has 2 rings (SSSR count). The van der Waals surface area contributed by atoms with Crippen molar-refractivity contribution in [1.29, 1.82) is 0 Å². The maximum absolute atomic E-state index is 12.5. The molecule has 0 saturated carbocycles. The van der Waals surface area contributed by atoms with E-state index in [-0.39, 0.29) is 11.9 Å². The van der Waals surface area contributed by atoms with Crippen LogP contribution in [0.1, 0.15) is 53.4 Å². The van der Waals surface area contributed by atoms with Crippen LogP contribution >= 0.6 is 11.3 Å². The highest BCUT2D eigenvalue weighted by atomic mass is 32.1. The molecule has 2 heterocycles. The smallest absolute Gasteiger partial charge is 0.341 e. The first-order chi connectivity index (χ1) is 10.4. The molecular weight excluding hydrogens is 302 g/mol. The number of hydrogen-bond donors (Lipinski definition) is 1. The Morgan fingerprint density at radius 1 is 1.45 bits per heavy atom. The Morgan fingerprint density at radius 3 is 2.82 bits per heavy atom. The van der Waals surface area contributed by atoms with Crippen LogP contribution in [0.4, 0.5) is 5.00 Å². The predicted octanol–water partition coefficient (Wildman–Crippen LogP) is 3.26. The molecule has 2 aromatic heterocycles. The van der Waals surface area contributed by atoms with Crippen LogP contribution in [0.3, 0.4) is 0 Å². The number of rotatable bonds is 5. The minimum Gasteiger partial charge on any atom is -0.462 e. The van der Waals surface area contributed by atoms with E-state index < -0.39 is 5.97 Å². The fraction of sp³-hybridized carbons (Fsp3) is 0.400. The lowest BCUT2D eigenvalue weighted by atomic mass is 10.3. The number of thiophene rings is 1. The summed E-state index contributed by atoms with van der Waals surface area (Å²) in [5.41, 5.74) is 1.61. The van der Waals surface area contributed by atoms with Crippen molar-refractivity contribution in [3.8, 4) is 0 Å². The van der Waals surface area contributed by atoms with Gasteiger partial charge in [-0.25, -0.2) is 4.79 Å². The highest BCUT2D eigenvalue weighted by Crippen LogP contribution is 2.25. The van der Waals surface area contributed by atoms with Crippen LogP contribution in [0.5, 0.6) is 0 Å². The molecular formula is C15H19N3O3S. The summed E-state index contributed by atoms with van der Waals surface area (Å²) < 4.78 is 6.65. The fourth-order valence-electron chi connectivity index (χ4n) is 2.02. The highest BCUT2D eigenvalue weighted by Gasteiger charge is 2.20. The van der Waals surface area contributed by atoms with Gasteiger partial charge in [-0.1, -0.05) is 0 Å². The number of aromatic nitrogens is 2. The lowest BCUT2D eigenvalue weighted by molar-refractivity contribution is 0.0528. The lowest BCUT2D eigenvalue weighted by Gasteiger charge is -2.11. The number of amides is 1. The largest absolute Gasteiger partial charge is 0.462 e. The SMILES string of the molecule is CCOC(=O)c1ccsc1NC(=O)c1cc(C)nn1C(C)C. The summed E-state index contributed by atoms with van der Waals surface area (Å²) in [6, 6.07) is 3.44. The van der Waals surface area contributed by atoms with E-state index in [2.05, 4.69) is 10.4 Å². The summed E-state index contributed by atoms with van der Waals surface area (Å²) in [6.07, 6.45) is 0. The van der Waals surface area contributed by atoms with E-state index in [0.717, 1.165) is 5.69 Å². The molecule has 0 aliphatic carbocycles. The lowest BCUT2D eigenvalue weighted by Crippen LogP contribution is -2.19. The summed E-state index contributed by atoms with van der Waals surface area (Å²) in [5, 5.41) is 9.31. The van der Waals surface area contributed by atoms with E-state index in [0.29, 0.717) is 22.9 Å². The van der Waals surface area contributed by atoms with Gasteiger partial charge in [-0.3, -0.25) is 9.48 Å². The predicted molar refractivity (Wildman–Crippen MR) is 85.6 cm³/mol. The monoisotopic (exact) mass is 321 g/mol. The van der Waals surface area contributed by atoms with Crippen LogP contribution < -0.4 is 5.32 Å². The molecule has 1 amide bonds. The number of nitrogens with zero attached hydrogens (tertiary/aromatic N) is 2. The third kappa shape index (κ3) is 3.36. The zero-order chi connectivity index (χ0) is 16.3. The van der Waals surface area contributed by atoms with Crippen LogP contribution in [0.25, 0.3) is 0 Å². The van der Waals surface area contributed by atoms with Crippen molar-refractivity contribution in [2.24, 2.45) is 0 Å². The van der Waals surface area contributed by atoms with Crippen LogP contribution in [0.15, 0.2) is 17.5 Å². The molecule has 0 unspecified atom stereocenters. The van der Waals surface area contributed by atoms with E-state index in [1.807, 2.05) is 20.8 Å². The molecule has 0 atom stereocenters. The number of aryl methyl sites for hydroxylation is 1. The molecule has 2 aromatic rings. The number of ether oxygens (including phenoxy) is 1. The first kappa shape index (κ1) is 16.2. The van der Waals surface area contributed by atoms with Crippen molar-refractivity contribution < 1.29 is 14.3 Å². The maximum Gasteiger partial charge on any atom is 0.341 e. The van der Waals surface area contributed by atoms with Crippen molar-refractivity contribution >= 4 is 28.2 Å². The van der Waals surface area contributed by atoms with Gasteiger partial charge in [0, 0.05) is 6.04 Å². The van der Waals surface area contributed by atoms with Gasteiger partial charge in [-0.05, 0) is 45.2 Å². The van der Waals surface area contributed by atoms with E-state index in [9.17, 15) is 9.59 Å². The summed E-state index contributed by atoms with van der Waals surface area (Å²) in [7, 11) is 0. The van der Waals surface area contributed by atoms with E-state index in [4.69, 9.17) is 4.74 Å². The van der Waals surface area contributed by atoms with Gasteiger partial charge >= 0.3 is 5.97 Å². The Hall–Kier alpha value is -2.15. The van der Waals surface area contributed by atoms with Crippen LogP contribution in [-0.2, 0) is 4.74 Å². The van der Waals surface area contributed by atoms with Crippen molar-refractivity contribution in [3.05, 3.63) is 34.5 Å². The Kier molecular flexibility index (Phi) is 4.97. The van der Waals surface area contributed by atoms with E-state index >= 15 is 0 Å². The number of nitrogens with one attached hydrogen (secondary N) is 1. The Morgan fingerprint density at radius 2 is 2.18 bits per heavy atom. The minimum absolute atomic E-state index is 0.0716. The third-order valence-electron chi connectivity index (χ3n) is 2.97. The Labute approximate surface area is 133 Å².